The molecule has 0 radical (unpaired) electrons. The molecule has 3 heterocycles. The van der Waals surface area contributed by atoms with Gasteiger partial charge in [0, 0.05) is 12.0 Å². The Morgan fingerprint density at radius 1 is 1.45 bits per heavy atom. The van der Waals surface area contributed by atoms with E-state index in [9.17, 15) is 9.90 Å². The summed E-state index contributed by atoms with van der Waals surface area (Å²) in [4.78, 5) is 13.6. The average molecular weight is 292 g/mol. The van der Waals surface area contributed by atoms with Crippen molar-refractivity contribution in [2.45, 2.75) is 24.8 Å². The number of aliphatic carboxylic acids is 1. The van der Waals surface area contributed by atoms with Crippen molar-refractivity contribution in [2.75, 3.05) is 13.1 Å². The number of likely N-dealkylation sites (tertiary alicyclic amines) is 1. The smallest absolute Gasteiger partial charge is 0.325 e. The van der Waals surface area contributed by atoms with Crippen molar-refractivity contribution in [1.82, 2.24) is 10.1 Å². The third-order valence-corrected chi connectivity index (χ3v) is 4.57. The fourth-order valence-electron chi connectivity index (χ4n) is 2.83. The van der Waals surface area contributed by atoms with Gasteiger partial charge in [-0.1, -0.05) is 5.16 Å². The molecule has 0 amide bonds. The summed E-state index contributed by atoms with van der Waals surface area (Å²) in [5.74, 6) is -0.398. The highest BCUT2D eigenvalue weighted by molar-refractivity contribution is 7.08. The lowest BCUT2D eigenvalue weighted by molar-refractivity contribution is -0.144. The predicted molar refractivity (Wildman–Crippen MR) is 74.7 cm³/mol. The van der Waals surface area contributed by atoms with E-state index in [1.54, 1.807) is 6.26 Å². The van der Waals surface area contributed by atoms with Gasteiger partial charge in [-0.25, -0.2) is 0 Å². The summed E-state index contributed by atoms with van der Waals surface area (Å²) in [6.07, 6.45) is 3.42. The molecule has 1 atom stereocenters. The van der Waals surface area contributed by atoms with Crippen LogP contribution in [0.2, 0.25) is 0 Å². The van der Waals surface area contributed by atoms with E-state index in [0.717, 1.165) is 37.2 Å². The number of carbonyl (C=O) groups is 1. The minimum atomic E-state index is -0.775. The van der Waals surface area contributed by atoms with E-state index in [0.29, 0.717) is 5.92 Å². The molecule has 1 unspecified atom stereocenters. The molecule has 0 aromatic carbocycles. The molecule has 106 valence electrons. The molecule has 20 heavy (non-hydrogen) atoms. The lowest BCUT2D eigenvalue weighted by Crippen LogP contribution is -2.39. The molecule has 1 aliphatic rings. The van der Waals surface area contributed by atoms with E-state index in [2.05, 4.69) is 5.16 Å². The standard InChI is InChI=1S/C14H16N2O3S/c17-14(18)13(11-4-8-20-9-11)16-5-1-10(2-6-16)12-3-7-19-15-12/h3-4,7-10,13H,1-2,5-6H2,(H,17,18). The van der Waals surface area contributed by atoms with Gasteiger partial charge in [-0.05, 0) is 48.3 Å². The molecule has 1 fully saturated rings. The molecule has 1 saturated heterocycles. The zero-order valence-corrected chi connectivity index (χ0v) is 11.8. The quantitative estimate of drug-likeness (QED) is 0.938. The fraction of sp³-hybridized carbons (Fsp3) is 0.429. The Balaban J connectivity index is 1.68. The molecular formula is C14H16N2O3S. The van der Waals surface area contributed by atoms with Crippen LogP contribution in [0.1, 0.15) is 36.1 Å². The van der Waals surface area contributed by atoms with Crippen LogP contribution in [0.25, 0.3) is 0 Å². The molecule has 0 aliphatic carbocycles. The average Bonchev–Trinajstić information content (AvgIpc) is 3.12. The highest BCUT2D eigenvalue weighted by Gasteiger charge is 2.32. The minimum Gasteiger partial charge on any atom is -0.480 e. The highest BCUT2D eigenvalue weighted by Crippen LogP contribution is 2.32. The number of hydrogen-bond acceptors (Lipinski definition) is 5. The maximum Gasteiger partial charge on any atom is 0.325 e. The van der Waals surface area contributed by atoms with Crippen molar-refractivity contribution in [1.29, 1.82) is 0 Å². The number of thiophene rings is 1. The Kier molecular flexibility index (Phi) is 3.84. The summed E-state index contributed by atoms with van der Waals surface area (Å²) < 4.78 is 4.88. The fourth-order valence-corrected chi connectivity index (χ4v) is 3.50. The lowest BCUT2D eigenvalue weighted by Gasteiger charge is -2.34. The van der Waals surface area contributed by atoms with E-state index in [1.165, 1.54) is 11.3 Å². The van der Waals surface area contributed by atoms with Gasteiger partial charge in [0.1, 0.15) is 12.3 Å². The van der Waals surface area contributed by atoms with Gasteiger partial charge in [-0.3, -0.25) is 9.69 Å². The largest absolute Gasteiger partial charge is 0.480 e. The molecule has 0 spiro atoms. The van der Waals surface area contributed by atoms with Gasteiger partial charge in [-0.15, -0.1) is 0 Å². The number of nitrogens with zero attached hydrogens (tertiary/aromatic N) is 2. The van der Waals surface area contributed by atoms with Crippen LogP contribution in [0.15, 0.2) is 33.7 Å². The van der Waals surface area contributed by atoms with Crippen molar-refractivity contribution in [3.05, 3.63) is 40.4 Å². The number of rotatable bonds is 4. The van der Waals surface area contributed by atoms with E-state index in [-0.39, 0.29) is 0 Å². The molecule has 6 heteroatoms. The van der Waals surface area contributed by atoms with E-state index >= 15 is 0 Å². The number of piperidine rings is 1. The van der Waals surface area contributed by atoms with Gasteiger partial charge in [0.05, 0.1) is 5.69 Å². The van der Waals surface area contributed by atoms with Gasteiger partial charge in [-0.2, -0.15) is 11.3 Å². The van der Waals surface area contributed by atoms with Crippen LogP contribution >= 0.6 is 11.3 Å². The maximum absolute atomic E-state index is 11.5. The second-order valence-electron chi connectivity index (χ2n) is 5.03. The lowest BCUT2D eigenvalue weighted by atomic mass is 9.92. The Bertz CT molecular complexity index is 545. The van der Waals surface area contributed by atoms with E-state index < -0.39 is 12.0 Å². The molecule has 0 saturated carbocycles. The van der Waals surface area contributed by atoms with E-state index in [4.69, 9.17) is 4.52 Å². The summed E-state index contributed by atoms with van der Waals surface area (Å²) in [6.45, 7) is 1.54. The van der Waals surface area contributed by atoms with Crippen molar-refractivity contribution in [2.24, 2.45) is 0 Å². The third-order valence-electron chi connectivity index (χ3n) is 3.86. The summed E-state index contributed by atoms with van der Waals surface area (Å²) in [5.41, 5.74) is 1.86. The van der Waals surface area contributed by atoms with Gasteiger partial charge >= 0.3 is 5.97 Å². The van der Waals surface area contributed by atoms with Crippen LogP contribution in [0.5, 0.6) is 0 Å². The van der Waals surface area contributed by atoms with Crippen LogP contribution in [0.3, 0.4) is 0 Å². The predicted octanol–water partition coefficient (Wildman–Crippen LogP) is 2.74. The zero-order chi connectivity index (χ0) is 13.9. The molecule has 2 aromatic heterocycles. The second kappa shape index (κ2) is 5.76. The van der Waals surface area contributed by atoms with Gasteiger partial charge < -0.3 is 9.63 Å². The monoisotopic (exact) mass is 292 g/mol. The molecular weight excluding hydrogens is 276 g/mol. The van der Waals surface area contributed by atoms with Gasteiger partial charge in [0.2, 0.25) is 0 Å². The van der Waals surface area contributed by atoms with Crippen LogP contribution in [-0.2, 0) is 4.79 Å². The first kappa shape index (κ1) is 13.3. The Morgan fingerprint density at radius 3 is 2.80 bits per heavy atom. The van der Waals surface area contributed by atoms with Crippen molar-refractivity contribution >= 4 is 17.3 Å². The van der Waals surface area contributed by atoms with Crippen molar-refractivity contribution in [3.63, 3.8) is 0 Å². The summed E-state index contributed by atoms with van der Waals surface area (Å²) in [5, 5.41) is 17.3. The number of carboxylic acids is 1. The van der Waals surface area contributed by atoms with E-state index in [1.807, 2.05) is 27.8 Å². The number of hydrogen-bond donors (Lipinski definition) is 1. The van der Waals surface area contributed by atoms with Crippen molar-refractivity contribution < 1.29 is 14.4 Å². The Labute approximate surface area is 120 Å². The Morgan fingerprint density at radius 2 is 2.25 bits per heavy atom. The number of carboxylic acid groups (broad SMARTS) is 1. The first-order valence-electron chi connectivity index (χ1n) is 6.65. The van der Waals surface area contributed by atoms with Crippen molar-refractivity contribution in [3.8, 4) is 0 Å². The van der Waals surface area contributed by atoms with Gasteiger partial charge in [0.15, 0.2) is 0 Å². The first-order chi connectivity index (χ1) is 9.75. The Hall–Kier alpha value is -1.66. The zero-order valence-electron chi connectivity index (χ0n) is 10.9. The molecule has 1 N–H and O–H groups in total. The van der Waals surface area contributed by atoms with Crippen LogP contribution in [-0.4, -0.2) is 34.2 Å². The summed E-state index contributed by atoms with van der Waals surface area (Å²) in [7, 11) is 0. The maximum atomic E-state index is 11.5. The summed E-state index contributed by atoms with van der Waals surface area (Å²) >= 11 is 1.54. The van der Waals surface area contributed by atoms with Gasteiger partial charge in [0.25, 0.3) is 0 Å². The molecule has 0 bridgehead atoms. The highest BCUT2D eigenvalue weighted by atomic mass is 32.1. The molecule has 1 aliphatic heterocycles. The SMILES string of the molecule is O=C(O)C(c1ccsc1)N1CCC(c2ccon2)CC1. The minimum absolute atomic E-state index is 0.377. The van der Waals surface area contributed by atoms with Crippen LogP contribution < -0.4 is 0 Å². The first-order valence-corrected chi connectivity index (χ1v) is 7.59. The topological polar surface area (TPSA) is 66.6 Å². The molecule has 2 aromatic rings. The second-order valence-corrected chi connectivity index (χ2v) is 5.81. The molecule has 3 rings (SSSR count). The normalized spacial score (nSPS) is 19.0. The van der Waals surface area contributed by atoms with Crippen LogP contribution in [0, 0.1) is 0 Å². The molecule has 5 nitrogen and oxygen atoms in total. The van der Waals surface area contributed by atoms with Crippen LogP contribution in [0.4, 0.5) is 0 Å². The summed E-state index contributed by atoms with van der Waals surface area (Å²) in [6, 6.07) is 3.26. The number of aromatic nitrogens is 1. The third kappa shape index (κ3) is 2.62.